The van der Waals surface area contributed by atoms with Gasteiger partial charge in [-0.3, -0.25) is 4.98 Å². The Labute approximate surface area is 142 Å². The van der Waals surface area contributed by atoms with E-state index in [1.165, 1.54) is 19.3 Å². The Morgan fingerprint density at radius 1 is 1.14 bits per heavy atom. The van der Waals surface area contributed by atoms with Gasteiger partial charge in [-0.15, -0.1) is 24.0 Å². The quantitative estimate of drug-likeness (QED) is 0.482. The van der Waals surface area contributed by atoms with Crippen LogP contribution in [0.15, 0.2) is 41.5 Å². The second-order valence-electron chi connectivity index (χ2n) is 5.21. The third kappa shape index (κ3) is 3.84. The van der Waals surface area contributed by atoms with E-state index >= 15 is 0 Å². The van der Waals surface area contributed by atoms with Gasteiger partial charge in [0.05, 0.1) is 12.1 Å². The average Bonchev–Trinajstić information content (AvgIpc) is 2.53. The van der Waals surface area contributed by atoms with E-state index in [1.54, 1.807) is 0 Å². The molecule has 0 aliphatic carbocycles. The van der Waals surface area contributed by atoms with Crippen LogP contribution in [0.2, 0.25) is 0 Å². The van der Waals surface area contributed by atoms with Gasteiger partial charge in [0.2, 0.25) is 0 Å². The molecule has 2 N–H and O–H groups in total. The number of para-hydroxylation sites is 1. The highest BCUT2D eigenvalue weighted by atomic mass is 127. The fourth-order valence-electron chi connectivity index (χ4n) is 2.68. The lowest BCUT2D eigenvalue weighted by molar-refractivity contribution is 0.338. The smallest absolute Gasteiger partial charge is 0.191 e. The predicted molar refractivity (Wildman–Crippen MR) is 97.9 cm³/mol. The van der Waals surface area contributed by atoms with Crippen molar-refractivity contribution in [2.45, 2.75) is 25.8 Å². The number of hydrogen-bond donors (Lipinski definition) is 1. The van der Waals surface area contributed by atoms with Crippen LogP contribution in [0.25, 0.3) is 10.9 Å². The number of aromatic nitrogens is 1. The van der Waals surface area contributed by atoms with E-state index in [0.29, 0.717) is 12.5 Å². The molecule has 0 radical (unpaired) electrons. The number of piperidine rings is 1. The van der Waals surface area contributed by atoms with Crippen molar-refractivity contribution in [1.82, 2.24) is 9.88 Å². The van der Waals surface area contributed by atoms with E-state index in [-0.39, 0.29) is 24.0 Å². The van der Waals surface area contributed by atoms with Crippen LogP contribution < -0.4 is 5.73 Å². The van der Waals surface area contributed by atoms with Crippen LogP contribution in [0.5, 0.6) is 0 Å². The van der Waals surface area contributed by atoms with Gasteiger partial charge in [-0.05, 0) is 30.9 Å². The molecule has 0 saturated carbocycles. The average molecular weight is 396 g/mol. The fourth-order valence-corrected chi connectivity index (χ4v) is 2.68. The number of pyridine rings is 1. The minimum absolute atomic E-state index is 0. The van der Waals surface area contributed by atoms with Crippen LogP contribution in [0, 0.1) is 0 Å². The summed E-state index contributed by atoms with van der Waals surface area (Å²) < 4.78 is 0. The standard InChI is InChI=1S/C16H20N4.HI/c17-16(20-10-2-1-3-11-20)19-12-14-7-4-6-13-8-5-9-18-15(13)14;/h4-9H,1-3,10-12H2,(H2,17,19);1H. The van der Waals surface area contributed by atoms with Crippen molar-refractivity contribution in [2.75, 3.05) is 13.1 Å². The summed E-state index contributed by atoms with van der Waals surface area (Å²) in [5, 5.41) is 1.15. The zero-order valence-corrected chi connectivity index (χ0v) is 14.4. The Kier molecular flexibility index (Phi) is 5.78. The Morgan fingerprint density at radius 2 is 1.90 bits per heavy atom. The maximum absolute atomic E-state index is 6.10. The maximum Gasteiger partial charge on any atom is 0.191 e. The summed E-state index contributed by atoms with van der Waals surface area (Å²) in [5.74, 6) is 0.664. The first kappa shape index (κ1) is 16.0. The highest BCUT2D eigenvalue weighted by Crippen LogP contribution is 2.17. The van der Waals surface area contributed by atoms with Crippen LogP contribution in [-0.4, -0.2) is 28.9 Å². The van der Waals surface area contributed by atoms with Gasteiger partial charge in [-0.25, -0.2) is 4.99 Å². The molecule has 3 rings (SSSR count). The fraction of sp³-hybridized carbons (Fsp3) is 0.375. The van der Waals surface area contributed by atoms with Crippen LogP contribution in [0.3, 0.4) is 0 Å². The molecule has 0 bridgehead atoms. The molecule has 0 amide bonds. The van der Waals surface area contributed by atoms with Crippen molar-refractivity contribution in [3.8, 4) is 0 Å². The van der Waals surface area contributed by atoms with Crippen LogP contribution in [0.1, 0.15) is 24.8 Å². The molecule has 1 fully saturated rings. The first-order valence-corrected chi connectivity index (χ1v) is 7.22. The number of nitrogens with zero attached hydrogens (tertiary/aromatic N) is 3. The largest absolute Gasteiger partial charge is 0.370 e. The predicted octanol–water partition coefficient (Wildman–Crippen LogP) is 3.15. The second-order valence-corrected chi connectivity index (χ2v) is 5.21. The maximum atomic E-state index is 6.10. The number of guanidine groups is 1. The molecule has 1 aliphatic heterocycles. The van der Waals surface area contributed by atoms with E-state index in [1.807, 2.05) is 18.3 Å². The zero-order chi connectivity index (χ0) is 13.8. The molecule has 1 aromatic heterocycles. The normalized spacial score (nSPS) is 15.8. The number of aliphatic imine (C=N–C) groups is 1. The minimum atomic E-state index is 0. The molecule has 4 nitrogen and oxygen atoms in total. The van der Waals surface area contributed by atoms with E-state index in [9.17, 15) is 0 Å². The Bertz CT molecular complexity index is 615. The molecular formula is C16H21IN4. The zero-order valence-electron chi connectivity index (χ0n) is 12.0. The topological polar surface area (TPSA) is 54.5 Å². The number of halogens is 1. The van der Waals surface area contributed by atoms with Crippen LogP contribution in [-0.2, 0) is 6.54 Å². The van der Waals surface area contributed by atoms with Crippen molar-refractivity contribution >= 4 is 40.8 Å². The third-order valence-electron chi connectivity index (χ3n) is 3.81. The molecule has 1 aromatic carbocycles. The molecular weight excluding hydrogens is 375 g/mol. The summed E-state index contributed by atoms with van der Waals surface area (Å²) in [7, 11) is 0. The first-order chi connectivity index (χ1) is 9.84. The molecule has 0 spiro atoms. The highest BCUT2D eigenvalue weighted by Gasteiger charge is 2.11. The van der Waals surface area contributed by atoms with Crippen molar-refractivity contribution in [1.29, 1.82) is 0 Å². The van der Waals surface area contributed by atoms with Gasteiger partial charge in [-0.1, -0.05) is 24.3 Å². The van der Waals surface area contributed by atoms with Crippen molar-refractivity contribution in [2.24, 2.45) is 10.7 Å². The van der Waals surface area contributed by atoms with E-state index in [0.717, 1.165) is 29.6 Å². The second kappa shape index (κ2) is 7.59. The van der Waals surface area contributed by atoms with Gasteiger partial charge >= 0.3 is 0 Å². The number of rotatable bonds is 2. The van der Waals surface area contributed by atoms with Crippen LogP contribution in [0.4, 0.5) is 0 Å². The number of likely N-dealkylation sites (tertiary alicyclic amines) is 1. The summed E-state index contributed by atoms with van der Waals surface area (Å²) in [5.41, 5.74) is 8.24. The Morgan fingerprint density at radius 3 is 2.71 bits per heavy atom. The number of nitrogens with two attached hydrogens (primary N) is 1. The lowest BCUT2D eigenvalue weighted by Gasteiger charge is -2.27. The van der Waals surface area contributed by atoms with Gasteiger partial charge in [-0.2, -0.15) is 0 Å². The number of fused-ring (bicyclic) bond motifs is 1. The van der Waals surface area contributed by atoms with Crippen molar-refractivity contribution in [3.05, 3.63) is 42.1 Å². The molecule has 1 aliphatic rings. The molecule has 0 unspecified atom stereocenters. The lowest BCUT2D eigenvalue weighted by atomic mass is 10.1. The lowest BCUT2D eigenvalue weighted by Crippen LogP contribution is -2.40. The van der Waals surface area contributed by atoms with Gasteiger partial charge < -0.3 is 10.6 Å². The molecule has 0 atom stereocenters. The Balaban J connectivity index is 0.00000161. The molecule has 5 heteroatoms. The molecule has 21 heavy (non-hydrogen) atoms. The van der Waals surface area contributed by atoms with Crippen LogP contribution >= 0.6 is 24.0 Å². The molecule has 2 aromatic rings. The summed E-state index contributed by atoms with van der Waals surface area (Å²) >= 11 is 0. The van der Waals surface area contributed by atoms with E-state index in [2.05, 4.69) is 33.1 Å². The first-order valence-electron chi connectivity index (χ1n) is 7.22. The van der Waals surface area contributed by atoms with E-state index in [4.69, 9.17) is 5.73 Å². The third-order valence-corrected chi connectivity index (χ3v) is 3.81. The minimum Gasteiger partial charge on any atom is -0.370 e. The Hall–Kier alpha value is -1.37. The van der Waals surface area contributed by atoms with E-state index < -0.39 is 0 Å². The summed E-state index contributed by atoms with van der Waals surface area (Å²) in [6, 6.07) is 10.2. The SMILES string of the molecule is I.NC(=NCc1cccc2cccnc12)N1CCCCC1. The van der Waals surface area contributed by atoms with Gasteiger partial charge in [0.1, 0.15) is 0 Å². The monoisotopic (exact) mass is 396 g/mol. The van der Waals surface area contributed by atoms with Crippen molar-refractivity contribution in [3.63, 3.8) is 0 Å². The number of benzene rings is 1. The van der Waals surface area contributed by atoms with Gasteiger partial charge in [0.25, 0.3) is 0 Å². The highest BCUT2D eigenvalue weighted by molar-refractivity contribution is 14.0. The van der Waals surface area contributed by atoms with Gasteiger partial charge in [0.15, 0.2) is 5.96 Å². The van der Waals surface area contributed by atoms with Crippen molar-refractivity contribution < 1.29 is 0 Å². The molecule has 1 saturated heterocycles. The summed E-state index contributed by atoms with van der Waals surface area (Å²) in [6.07, 6.45) is 5.55. The molecule has 2 heterocycles. The summed E-state index contributed by atoms with van der Waals surface area (Å²) in [6.45, 7) is 2.66. The number of hydrogen-bond acceptors (Lipinski definition) is 2. The summed E-state index contributed by atoms with van der Waals surface area (Å²) in [4.78, 5) is 11.2. The molecule has 112 valence electrons. The van der Waals surface area contributed by atoms with Gasteiger partial charge in [0, 0.05) is 24.7 Å².